The molecule has 0 spiro atoms. The Labute approximate surface area is 309 Å². The summed E-state index contributed by atoms with van der Waals surface area (Å²) in [7, 11) is 0. The van der Waals surface area contributed by atoms with Crippen LogP contribution in [0.3, 0.4) is 0 Å². The van der Waals surface area contributed by atoms with Crippen molar-refractivity contribution in [3.05, 3.63) is 6.92 Å². The number of unbranched alkanes of at least 4 members (excludes halogenated alkanes) is 16. The van der Waals surface area contributed by atoms with Gasteiger partial charge < -0.3 is 25.9 Å². The zero-order valence-electron chi connectivity index (χ0n) is 31.2. The molecule has 2 atom stereocenters. The Hall–Kier alpha value is 0.0374. The Balaban J connectivity index is -0.000000604. The van der Waals surface area contributed by atoms with Crippen molar-refractivity contribution in [2.24, 2.45) is 0 Å². The molecule has 0 aromatic carbocycles. The number of alkyl halides is 1. The molecular formula is C40H74BrLiO4. The predicted octanol–water partition coefficient (Wildman–Crippen LogP) is 9.37. The molecule has 0 aliphatic carbocycles. The maximum absolute atomic E-state index is 5.57. The Bertz CT molecular complexity index is 623. The van der Waals surface area contributed by atoms with Gasteiger partial charge in [0.05, 0.1) is 0 Å². The zero-order valence-corrected chi connectivity index (χ0v) is 32.7. The first-order valence-corrected chi connectivity index (χ1v) is 20.0. The van der Waals surface area contributed by atoms with Crippen LogP contribution in [0, 0.1) is 31.1 Å². The van der Waals surface area contributed by atoms with E-state index in [2.05, 4.69) is 61.4 Å². The number of hydrogen-bond acceptors (Lipinski definition) is 4. The van der Waals surface area contributed by atoms with Crippen molar-refractivity contribution in [3.63, 3.8) is 0 Å². The Morgan fingerprint density at radius 1 is 0.630 bits per heavy atom. The summed E-state index contributed by atoms with van der Waals surface area (Å²) in [5.41, 5.74) is 0. The number of hydrogen-bond donors (Lipinski definition) is 0. The van der Waals surface area contributed by atoms with Crippen LogP contribution in [0.5, 0.6) is 0 Å². The largest absolute Gasteiger partial charge is 1.00 e. The second kappa shape index (κ2) is 47.2. The molecule has 2 rings (SSSR count). The van der Waals surface area contributed by atoms with Crippen LogP contribution in [0.25, 0.3) is 0 Å². The van der Waals surface area contributed by atoms with Crippen LogP contribution in [0.2, 0.25) is 0 Å². The summed E-state index contributed by atoms with van der Waals surface area (Å²) in [5.74, 6) is 8.72. The SMILES string of the molecule is C#CCOC1CCCCO1.CCCCCCCCCCBr.CCCCCCCCCCC#CCOC1CCCCO1.[CH2-]CCC.[Li+]. The minimum atomic E-state index is -0.0372. The van der Waals surface area contributed by atoms with Gasteiger partial charge in [-0.2, -0.15) is 6.42 Å². The fourth-order valence-electron chi connectivity index (χ4n) is 4.68. The van der Waals surface area contributed by atoms with Crippen molar-refractivity contribution in [1.29, 1.82) is 0 Å². The van der Waals surface area contributed by atoms with Crippen molar-refractivity contribution in [3.8, 4) is 24.2 Å². The molecule has 0 saturated carbocycles. The summed E-state index contributed by atoms with van der Waals surface area (Å²) in [6, 6.07) is 0. The number of rotatable bonds is 21. The fourth-order valence-corrected chi connectivity index (χ4v) is 5.07. The topological polar surface area (TPSA) is 36.9 Å². The van der Waals surface area contributed by atoms with Gasteiger partial charge in [-0.15, -0.1) is 12.3 Å². The van der Waals surface area contributed by atoms with Gasteiger partial charge in [-0.25, -0.2) is 0 Å². The van der Waals surface area contributed by atoms with Crippen LogP contribution in [0.1, 0.15) is 181 Å². The van der Waals surface area contributed by atoms with Gasteiger partial charge in [0.15, 0.2) is 12.6 Å². The van der Waals surface area contributed by atoms with E-state index in [1.807, 2.05) is 0 Å². The van der Waals surface area contributed by atoms with Crippen LogP contribution < -0.4 is 18.9 Å². The maximum atomic E-state index is 5.57. The van der Waals surface area contributed by atoms with Crippen LogP contribution in [0.15, 0.2) is 0 Å². The summed E-state index contributed by atoms with van der Waals surface area (Å²) >= 11 is 3.44. The van der Waals surface area contributed by atoms with Crippen molar-refractivity contribution < 1.29 is 37.8 Å². The smallest absolute Gasteiger partial charge is 0.353 e. The molecule has 46 heavy (non-hydrogen) atoms. The number of ether oxygens (including phenoxy) is 4. The molecule has 0 amide bonds. The molecule has 0 aromatic heterocycles. The van der Waals surface area contributed by atoms with Crippen molar-refractivity contribution in [2.45, 2.75) is 194 Å². The first kappa shape index (κ1) is 50.4. The monoisotopic (exact) mass is 704 g/mol. The molecular weight excluding hydrogens is 631 g/mol. The number of terminal acetylenes is 1. The van der Waals surface area contributed by atoms with Gasteiger partial charge in [-0.1, -0.05) is 145 Å². The van der Waals surface area contributed by atoms with Gasteiger partial charge in [-0.3, -0.25) is 0 Å². The molecule has 0 radical (unpaired) electrons. The first-order valence-electron chi connectivity index (χ1n) is 18.9. The van der Waals surface area contributed by atoms with E-state index in [4.69, 9.17) is 25.4 Å². The molecule has 2 aliphatic rings. The minimum Gasteiger partial charge on any atom is -0.353 e. The van der Waals surface area contributed by atoms with Gasteiger partial charge in [0.2, 0.25) is 0 Å². The molecule has 266 valence electrons. The summed E-state index contributed by atoms with van der Waals surface area (Å²) < 4.78 is 21.5. The fraction of sp³-hybridized carbons (Fsp3) is 0.875. The van der Waals surface area contributed by atoms with Crippen LogP contribution in [-0.4, -0.2) is 44.3 Å². The third kappa shape index (κ3) is 44.0. The van der Waals surface area contributed by atoms with Gasteiger partial charge in [0.25, 0.3) is 0 Å². The molecule has 2 unspecified atom stereocenters. The maximum Gasteiger partial charge on any atom is 1.00 e. The molecule has 2 fully saturated rings. The second-order valence-electron chi connectivity index (χ2n) is 12.0. The molecule has 4 nitrogen and oxygen atoms in total. The van der Waals surface area contributed by atoms with Gasteiger partial charge in [0.1, 0.15) is 13.2 Å². The quantitative estimate of drug-likeness (QED) is 0.0392. The Kier molecular flexibility index (Phi) is 51.7. The number of halogens is 1. The van der Waals surface area contributed by atoms with E-state index < -0.39 is 0 Å². The van der Waals surface area contributed by atoms with Crippen molar-refractivity contribution in [1.82, 2.24) is 0 Å². The van der Waals surface area contributed by atoms with Gasteiger partial charge in [0, 0.05) is 25.0 Å². The van der Waals surface area contributed by atoms with Crippen LogP contribution in [0.4, 0.5) is 0 Å². The summed E-state index contributed by atoms with van der Waals surface area (Å²) in [6.45, 7) is 12.8. The summed E-state index contributed by atoms with van der Waals surface area (Å²) in [5, 5.41) is 1.18. The van der Waals surface area contributed by atoms with E-state index in [1.165, 1.54) is 134 Å². The molecule has 0 aromatic rings. The van der Waals surface area contributed by atoms with Crippen LogP contribution in [-0.2, 0) is 18.9 Å². The van der Waals surface area contributed by atoms with E-state index in [1.54, 1.807) is 0 Å². The third-order valence-corrected chi connectivity index (χ3v) is 8.15. The zero-order chi connectivity index (χ0) is 33.3. The van der Waals surface area contributed by atoms with Crippen molar-refractivity contribution >= 4 is 15.9 Å². The van der Waals surface area contributed by atoms with E-state index in [0.717, 1.165) is 45.3 Å². The summed E-state index contributed by atoms with van der Waals surface area (Å²) in [4.78, 5) is 0. The molecule has 2 heterocycles. The molecule has 0 bridgehead atoms. The van der Waals surface area contributed by atoms with Gasteiger partial charge >= 0.3 is 18.9 Å². The molecule has 6 heteroatoms. The van der Waals surface area contributed by atoms with Crippen LogP contribution >= 0.6 is 15.9 Å². The van der Waals surface area contributed by atoms with Crippen molar-refractivity contribution in [2.75, 3.05) is 31.8 Å². The standard InChI is InChI=1S/C18H32O2.C10H21Br.C8H12O2.C4H9.Li/c1-2-3-4-5-6-7-8-9-10-11-13-16-19-18-15-12-14-17-20-18;1-2-3-4-5-6-7-8-9-10-11;1-2-6-9-8-5-3-4-7-10-8;1-3-4-2;/h18H,2-10,12,14-17H2,1H3;2-10H2,1H3;1,8H,3-7H2;1,3-4H2,2H3;/q;;;-1;+1. The van der Waals surface area contributed by atoms with Gasteiger partial charge in [-0.05, 0) is 51.4 Å². The predicted molar refractivity (Wildman–Crippen MR) is 200 cm³/mol. The first-order chi connectivity index (χ1) is 22.2. The normalized spacial score (nSPS) is 16.8. The van der Waals surface area contributed by atoms with E-state index in [-0.39, 0.29) is 31.4 Å². The molecule has 2 aliphatic heterocycles. The Morgan fingerprint density at radius 3 is 1.46 bits per heavy atom. The third-order valence-electron chi connectivity index (χ3n) is 7.59. The van der Waals surface area contributed by atoms with E-state index in [0.29, 0.717) is 13.2 Å². The van der Waals surface area contributed by atoms with E-state index in [9.17, 15) is 0 Å². The average Bonchev–Trinajstić information content (AvgIpc) is 3.09. The molecule has 0 N–H and O–H groups in total. The minimum absolute atomic E-state index is 0. The Morgan fingerprint density at radius 2 is 1.07 bits per heavy atom. The second-order valence-corrected chi connectivity index (χ2v) is 12.8. The summed E-state index contributed by atoms with van der Waals surface area (Å²) in [6.07, 6.45) is 37.3. The average molecular weight is 706 g/mol. The van der Waals surface area contributed by atoms with E-state index >= 15 is 0 Å². The molecule has 2 saturated heterocycles.